The minimum Gasteiger partial charge on any atom is -0.510 e. The molecule has 0 fully saturated rings. The van der Waals surface area contributed by atoms with E-state index < -0.39 is 18.2 Å². The molecule has 0 spiro atoms. The van der Waals surface area contributed by atoms with Crippen LogP contribution >= 0.6 is 0 Å². The molecule has 0 heterocycles. The Morgan fingerprint density at radius 3 is 2.17 bits per heavy atom. The molecule has 0 aliphatic carbocycles. The Balaban J connectivity index is 3.66. The Kier molecular flexibility index (Phi) is 13.8. The van der Waals surface area contributed by atoms with E-state index in [0.717, 1.165) is 44.9 Å². The molecule has 2 unspecified atom stereocenters. The third-order valence-corrected chi connectivity index (χ3v) is 3.95. The lowest BCUT2D eigenvalue weighted by Crippen LogP contribution is -2.12. The standard InChI is InChI=1S/C18H34O5/c1-2-3-7-11-16(20)17(21)14-13-15(19)10-8-5-4-6-9-12-18(22)23/h14-16,19-21H,2-13H2,1H3,(H,22,23). The molecule has 0 aromatic carbocycles. The lowest BCUT2D eigenvalue weighted by molar-refractivity contribution is -0.137. The number of carboxylic acids is 1. The van der Waals surface area contributed by atoms with E-state index in [9.17, 15) is 20.1 Å². The summed E-state index contributed by atoms with van der Waals surface area (Å²) < 4.78 is 0. The van der Waals surface area contributed by atoms with Crippen LogP contribution in [-0.4, -0.2) is 38.6 Å². The first-order valence-electron chi connectivity index (χ1n) is 8.94. The summed E-state index contributed by atoms with van der Waals surface area (Å²) in [7, 11) is 0. The maximum Gasteiger partial charge on any atom is 0.303 e. The second-order valence-electron chi connectivity index (χ2n) is 6.23. The quantitative estimate of drug-likeness (QED) is 0.269. The van der Waals surface area contributed by atoms with Gasteiger partial charge in [0.15, 0.2) is 0 Å². The Labute approximate surface area is 140 Å². The van der Waals surface area contributed by atoms with Crippen LogP contribution in [0.25, 0.3) is 0 Å². The molecule has 0 saturated heterocycles. The van der Waals surface area contributed by atoms with Crippen LogP contribution in [0.3, 0.4) is 0 Å². The molecule has 0 aliphatic rings. The molecular weight excluding hydrogens is 296 g/mol. The third-order valence-electron chi connectivity index (χ3n) is 3.95. The lowest BCUT2D eigenvalue weighted by atomic mass is 10.0. The van der Waals surface area contributed by atoms with Crippen LogP contribution in [0.2, 0.25) is 0 Å². The van der Waals surface area contributed by atoms with E-state index in [1.165, 1.54) is 6.08 Å². The first-order chi connectivity index (χ1) is 11.0. The molecule has 0 aromatic rings. The molecule has 0 saturated carbocycles. The predicted octanol–water partition coefficient (Wildman–Crippen LogP) is 3.94. The topological polar surface area (TPSA) is 98.0 Å². The predicted molar refractivity (Wildman–Crippen MR) is 91.4 cm³/mol. The van der Waals surface area contributed by atoms with Crippen LogP contribution in [0.1, 0.15) is 84.0 Å². The summed E-state index contributed by atoms with van der Waals surface area (Å²) in [6.07, 6.45) is 9.49. The van der Waals surface area contributed by atoms with Crippen molar-refractivity contribution in [2.24, 2.45) is 0 Å². The highest BCUT2D eigenvalue weighted by molar-refractivity contribution is 5.66. The van der Waals surface area contributed by atoms with E-state index in [0.29, 0.717) is 25.7 Å². The van der Waals surface area contributed by atoms with Gasteiger partial charge in [-0.15, -0.1) is 0 Å². The van der Waals surface area contributed by atoms with E-state index in [4.69, 9.17) is 5.11 Å². The highest BCUT2D eigenvalue weighted by atomic mass is 16.4. The molecule has 23 heavy (non-hydrogen) atoms. The van der Waals surface area contributed by atoms with Crippen LogP contribution in [-0.2, 0) is 4.79 Å². The van der Waals surface area contributed by atoms with Gasteiger partial charge in [0, 0.05) is 6.42 Å². The molecule has 0 aliphatic heterocycles. The highest BCUT2D eigenvalue weighted by Gasteiger charge is 2.10. The van der Waals surface area contributed by atoms with Crippen molar-refractivity contribution in [1.82, 2.24) is 0 Å². The number of aliphatic hydroxyl groups is 3. The summed E-state index contributed by atoms with van der Waals surface area (Å²) in [5.74, 6) is -0.780. The van der Waals surface area contributed by atoms with Crippen molar-refractivity contribution in [3.05, 3.63) is 11.8 Å². The number of hydrogen-bond acceptors (Lipinski definition) is 4. The van der Waals surface area contributed by atoms with Crippen molar-refractivity contribution >= 4 is 5.97 Å². The van der Waals surface area contributed by atoms with Gasteiger partial charge in [-0.05, 0) is 31.8 Å². The van der Waals surface area contributed by atoms with E-state index in [2.05, 4.69) is 6.92 Å². The maximum absolute atomic E-state index is 10.3. The largest absolute Gasteiger partial charge is 0.510 e. The van der Waals surface area contributed by atoms with Crippen molar-refractivity contribution in [2.75, 3.05) is 0 Å². The molecule has 0 aromatic heterocycles. The van der Waals surface area contributed by atoms with Crippen LogP contribution in [0.15, 0.2) is 11.8 Å². The Morgan fingerprint density at radius 1 is 0.913 bits per heavy atom. The molecule has 0 bridgehead atoms. The summed E-state index contributed by atoms with van der Waals surface area (Å²) in [6.45, 7) is 2.09. The third kappa shape index (κ3) is 14.3. The zero-order chi connectivity index (χ0) is 17.5. The van der Waals surface area contributed by atoms with Crippen LogP contribution in [0, 0.1) is 0 Å². The summed E-state index contributed by atoms with van der Waals surface area (Å²) >= 11 is 0. The zero-order valence-electron chi connectivity index (χ0n) is 14.4. The van der Waals surface area contributed by atoms with E-state index >= 15 is 0 Å². The molecule has 5 nitrogen and oxygen atoms in total. The van der Waals surface area contributed by atoms with Crippen LogP contribution in [0.4, 0.5) is 0 Å². The number of aliphatic hydroxyl groups excluding tert-OH is 3. The molecule has 0 amide bonds. The second-order valence-corrected chi connectivity index (χ2v) is 6.23. The first-order valence-corrected chi connectivity index (χ1v) is 8.94. The fraction of sp³-hybridized carbons (Fsp3) is 0.833. The molecular formula is C18H34O5. The van der Waals surface area contributed by atoms with Gasteiger partial charge >= 0.3 is 5.97 Å². The molecule has 136 valence electrons. The fourth-order valence-corrected chi connectivity index (χ4v) is 2.43. The average molecular weight is 330 g/mol. The number of carbonyl (C=O) groups is 1. The molecule has 5 heteroatoms. The van der Waals surface area contributed by atoms with Gasteiger partial charge < -0.3 is 20.4 Å². The number of carboxylic acid groups (broad SMARTS) is 1. The van der Waals surface area contributed by atoms with Crippen molar-refractivity contribution < 1.29 is 25.2 Å². The minimum atomic E-state index is -0.817. The van der Waals surface area contributed by atoms with Gasteiger partial charge in [0.25, 0.3) is 0 Å². The number of hydrogen-bond donors (Lipinski definition) is 4. The lowest BCUT2D eigenvalue weighted by Gasteiger charge is -2.11. The summed E-state index contributed by atoms with van der Waals surface area (Å²) in [6, 6.07) is 0. The van der Waals surface area contributed by atoms with E-state index in [1.54, 1.807) is 0 Å². The van der Waals surface area contributed by atoms with Gasteiger partial charge in [-0.1, -0.05) is 51.9 Å². The monoisotopic (exact) mass is 330 g/mol. The maximum atomic E-state index is 10.3. The van der Waals surface area contributed by atoms with Gasteiger partial charge in [-0.3, -0.25) is 4.79 Å². The Morgan fingerprint density at radius 2 is 1.52 bits per heavy atom. The molecule has 0 radical (unpaired) electrons. The van der Waals surface area contributed by atoms with Crippen molar-refractivity contribution in [1.29, 1.82) is 0 Å². The van der Waals surface area contributed by atoms with Crippen molar-refractivity contribution in [2.45, 2.75) is 96.2 Å². The van der Waals surface area contributed by atoms with Gasteiger partial charge in [0.1, 0.15) is 11.9 Å². The molecule has 0 rings (SSSR count). The summed E-state index contributed by atoms with van der Waals surface area (Å²) in [5.41, 5.74) is 0. The summed E-state index contributed by atoms with van der Waals surface area (Å²) in [5, 5.41) is 37.9. The van der Waals surface area contributed by atoms with E-state index in [-0.39, 0.29) is 12.2 Å². The normalized spacial score (nSPS) is 14.7. The Bertz CT molecular complexity index is 327. The SMILES string of the molecule is CCCCCC(O)C(O)=CCC(O)CCCCCCCC(=O)O. The number of aliphatic carboxylic acids is 1. The van der Waals surface area contributed by atoms with Crippen LogP contribution in [0.5, 0.6) is 0 Å². The average Bonchev–Trinajstić information content (AvgIpc) is 2.51. The van der Waals surface area contributed by atoms with Gasteiger partial charge in [0.2, 0.25) is 0 Å². The zero-order valence-corrected chi connectivity index (χ0v) is 14.4. The fourth-order valence-electron chi connectivity index (χ4n) is 2.43. The van der Waals surface area contributed by atoms with Gasteiger partial charge in [0.05, 0.1) is 6.10 Å². The number of rotatable bonds is 15. The Hall–Kier alpha value is -1.07. The molecule has 2 atom stereocenters. The van der Waals surface area contributed by atoms with E-state index in [1.807, 2.05) is 0 Å². The highest BCUT2D eigenvalue weighted by Crippen LogP contribution is 2.13. The van der Waals surface area contributed by atoms with Crippen molar-refractivity contribution in [3.8, 4) is 0 Å². The minimum absolute atomic E-state index is 0.0335. The van der Waals surface area contributed by atoms with Gasteiger partial charge in [-0.2, -0.15) is 0 Å². The van der Waals surface area contributed by atoms with Crippen LogP contribution < -0.4 is 0 Å². The second kappa shape index (κ2) is 14.5. The van der Waals surface area contributed by atoms with Crippen molar-refractivity contribution in [3.63, 3.8) is 0 Å². The smallest absolute Gasteiger partial charge is 0.303 e. The molecule has 4 N–H and O–H groups in total. The van der Waals surface area contributed by atoms with Gasteiger partial charge in [-0.25, -0.2) is 0 Å². The summed E-state index contributed by atoms with van der Waals surface area (Å²) in [4.78, 5) is 10.3. The first kappa shape index (κ1) is 21.9. The number of unbranched alkanes of at least 4 members (excludes halogenated alkanes) is 6.